The van der Waals surface area contributed by atoms with Crippen molar-refractivity contribution in [3.05, 3.63) is 22.2 Å². The Balaban J connectivity index is 2.41. The van der Waals surface area contributed by atoms with Crippen LogP contribution in [0, 0.1) is 0 Å². The van der Waals surface area contributed by atoms with E-state index in [4.69, 9.17) is 9.47 Å². The maximum Gasteiger partial charge on any atom is 0.405 e. The molecule has 0 amide bonds. The van der Waals surface area contributed by atoms with Gasteiger partial charge in [0.1, 0.15) is 4.83 Å². The number of fused-ring (bicyclic) bond motifs is 1. The molecule has 1 aromatic rings. The number of rotatable bonds is 1. The SMILES string of the molecule is FC(F)(F)C(Br)c1cc2c(cc1Br)OCCCO2. The molecule has 2 rings (SSSR count). The van der Waals surface area contributed by atoms with E-state index < -0.39 is 11.0 Å². The zero-order valence-electron chi connectivity index (χ0n) is 9.06. The van der Waals surface area contributed by atoms with Crippen LogP contribution in [0.5, 0.6) is 11.5 Å². The quantitative estimate of drug-likeness (QED) is 0.653. The third-order valence-electron chi connectivity index (χ3n) is 2.43. The summed E-state index contributed by atoms with van der Waals surface area (Å²) >= 11 is 5.78. The highest BCUT2D eigenvalue weighted by Gasteiger charge is 2.40. The van der Waals surface area contributed by atoms with Crippen molar-refractivity contribution in [1.29, 1.82) is 0 Å². The summed E-state index contributed by atoms with van der Waals surface area (Å²) in [5.74, 6) is 0.810. The Morgan fingerprint density at radius 3 is 2.22 bits per heavy atom. The fourth-order valence-corrected chi connectivity index (χ4v) is 2.81. The van der Waals surface area contributed by atoms with Gasteiger partial charge in [0.15, 0.2) is 11.5 Å². The lowest BCUT2D eigenvalue weighted by atomic mass is 10.1. The molecular formula is C11H9Br2F3O2. The van der Waals surface area contributed by atoms with E-state index in [0.29, 0.717) is 35.6 Å². The molecule has 1 aromatic carbocycles. The Morgan fingerprint density at radius 2 is 1.67 bits per heavy atom. The Bertz CT molecular complexity index is 449. The molecule has 0 fully saturated rings. The molecule has 7 heteroatoms. The Kier molecular flexibility index (Phi) is 4.11. The van der Waals surface area contributed by atoms with E-state index in [1.54, 1.807) is 0 Å². The van der Waals surface area contributed by atoms with Gasteiger partial charge in [0, 0.05) is 10.9 Å². The van der Waals surface area contributed by atoms with Crippen LogP contribution in [0.25, 0.3) is 0 Å². The third-order valence-corrected chi connectivity index (χ3v) is 4.13. The molecule has 18 heavy (non-hydrogen) atoms. The van der Waals surface area contributed by atoms with E-state index in [9.17, 15) is 13.2 Å². The van der Waals surface area contributed by atoms with Gasteiger partial charge in [-0.3, -0.25) is 0 Å². The summed E-state index contributed by atoms with van der Waals surface area (Å²) in [7, 11) is 0. The van der Waals surface area contributed by atoms with Crippen molar-refractivity contribution in [3.8, 4) is 11.5 Å². The first kappa shape index (κ1) is 14.0. The Labute approximate surface area is 119 Å². The third kappa shape index (κ3) is 2.93. The van der Waals surface area contributed by atoms with Crippen molar-refractivity contribution in [2.24, 2.45) is 0 Å². The van der Waals surface area contributed by atoms with Crippen molar-refractivity contribution >= 4 is 31.9 Å². The summed E-state index contributed by atoms with van der Waals surface area (Å²) < 4.78 is 49.2. The normalized spacial score (nSPS) is 17.2. The summed E-state index contributed by atoms with van der Waals surface area (Å²) in [4.78, 5) is -1.74. The van der Waals surface area contributed by atoms with Crippen molar-refractivity contribution in [1.82, 2.24) is 0 Å². The topological polar surface area (TPSA) is 18.5 Å². The number of halogens is 5. The lowest BCUT2D eigenvalue weighted by molar-refractivity contribution is -0.128. The Hall–Kier alpha value is -0.430. The number of benzene rings is 1. The predicted molar refractivity (Wildman–Crippen MR) is 67.5 cm³/mol. The second-order valence-corrected chi connectivity index (χ2v) is 5.55. The molecule has 1 aliphatic heterocycles. The van der Waals surface area contributed by atoms with E-state index in [1.807, 2.05) is 0 Å². The number of alkyl halides is 4. The van der Waals surface area contributed by atoms with Gasteiger partial charge in [-0.1, -0.05) is 31.9 Å². The highest BCUT2D eigenvalue weighted by atomic mass is 79.9. The van der Waals surface area contributed by atoms with Crippen LogP contribution in [0.3, 0.4) is 0 Å². The fourth-order valence-electron chi connectivity index (χ4n) is 1.57. The van der Waals surface area contributed by atoms with Crippen molar-refractivity contribution in [2.45, 2.75) is 17.4 Å². The van der Waals surface area contributed by atoms with Crippen molar-refractivity contribution in [2.75, 3.05) is 13.2 Å². The molecule has 2 nitrogen and oxygen atoms in total. The zero-order chi connectivity index (χ0) is 13.3. The molecule has 0 aliphatic carbocycles. The van der Waals surface area contributed by atoms with Crippen molar-refractivity contribution in [3.63, 3.8) is 0 Å². The van der Waals surface area contributed by atoms with Crippen LogP contribution in [-0.4, -0.2) is 19.4 Å². The second kappa shape index (κ2) is 5.28. The average Bonchev–Trinajstić information content (AvgIpc) is 2.50. The smallest absolute Gasteiger partial charge is 0.405 e. The molecule has 1 heterocycles. The monoisotopic (exact) mass is 388 g/mol. The van der Waals surface area contributed by atoms with E-state index in [2.05, 4.69) is 31.9 Å². The van der Waals surface area contributed by atoms with Gasteiger partial charge in [0.25, 0.3) is 0 Å². The van der Waals surface area contributed by atoms with Gasteiger partial charge in [0.05, 0.1) is 13.2 Å². The summed E-state index contributed by atoms with van der Waals surface area (Å²) in [5.41, 5.74) is 0.0757. The molecule has 1 unspecified atom stereocenters. The Morgan fingerprint density at radius 1 is 1.11 bits per heavy atom. The second-order valence-electron chi connectivity index (χ2n) is 3.78. The largest absolute Gasteiger partial charge is 0.490 e. The zero-order valence-corrected chi connectivity index (χ0v) is 12.2. The van der Waals surface area contributed by atoms with Gasteiger partial charge >= 0.3 is 6.18 Å². The van der Waals surface area contributed by atoms with Gasteiger partial charge in [-0.15, -0.1) is 0 Å². The van der Waals surface area contributed by atoms with Crippen LogP contribution < -0.4 is 9.47 Å². The highest BCUT2D eigenvalue weighted by Crippen LogP contribution is 2.46. The van der Waals surface area contributed by atoms with Crippen LogP contribution in [0.4, 0.5) is 13.2 Å². The molecule has 0 saturated carbocycles. The molecule has 0 aromatic heterocycles. The molecule has 0 spiro atoms. The van der Waals surface area contributed by atoms with Crippen LogP contribution in [0.1, 0.15) is 16.8 Å². The first-order valence-electron chi connectivity index (χ1n) is 5.19. The van der Waals surface area contributed by atoms with Gasteiger partial charge in [0.2, 0.25) is 0 Å². The average molecular weight is 390 g/mol. The number of hydrogen-bond donors (Lipinski definition) is 0. The van der Waals surface area contributed by atoms with Crippen LogP contribution in [0.15, 0.2) is 16.6 Å². The lowest BCUT2D eigenvalue weighted by Crippen LogP contribution is -2.15. The molecule has 100 valence electrons. The maximum absolute atomic E-state index is 12.7. The number of hydrogen-bond acceptors (Lipinski definition) is 2. The first-order valence-corrected chi connectivity index (χ1v) is 6.90. The van der Waals surface area contributed by atoms with E-state index >= 15 is 0 Å². The van der Waals surface area contributed by atoms with E-state index in [1.165, 1.54) is 12.1 Å². The summed E-state index contributed by atoms with van der Waals surface area (Å²) in [5, 5.41) is 0. The highest BCUT2D eigenvalue weighted by molar-refractivity contribution is 9.11. The molecule has 0 N–H and O–H groups in total. The molecule has 0 radical (unpaired) electrons. The van der Waals surface area contributed by atoms with Crippen molar-refractivity contribution < 1.29 is 22.6 Å². The maximum atomic E-state index is 12.7. The van der Waals surface area contributed by atoms with Gasteiger partial charge < -0.3 is 9.47 Å². The van der Waals surface area contributed by atoms with Gasteiger partial charge in [-0.05, 0) is 17.7 Å². The standard InChI is InChI=1S/C11H9Br2F3O2/c12-7-5-9-8(17-2-1-3-18-9)4-6(7)10(13)11(14,15)16/h4-5,10H,1-3H2. The minimum absolute atomic E-state index is 0.0757. The van der Waals surface area contributed by atoms with E-state index in [0.717, 1.165) is 0 Å². The van der Waals surface area contributed by atoms with E-state index in [-0.39, 0.29) is 5.56 Å². The van der Waals surface area contributed by atoms with Crippen LogP contribution in [-0.2, 0) is 0 Å². The minimum atomic E-state index is -4.36. The van der Waals surface area contributed by atoms with Gasteiger partial charge in [-0.25, -0.2) is 0 Å². The van der Waals surface area contributed by atoms with Gasteiger partial charge in [-0.2, -0.15) is 13.2 Å². The summed E-state index contributed by atoms with van der Waals surface area (Å²) in [6.07, 6.45) is -3.65. The molecular weight excluding hydrogens is 381 g/mol. The predicted octanol–water partition coefficient (Wildman–Crippen LogP) is 4.61. The van der Waals surface area contributed by atoms with Crippen LogP contribution >= 0.6 is 31.9 Å². The molecule has 0 bridgehead atoms. The molecule has 1 atom stereocenters. The first-order chi connectivity index (χ1) is 8.39. The molecule has 1 aliphatic rings. The summed E-state index contributed by atoms with van der Waals surface area (Å²) in [6.45, 7) is 0.933. The number of ether oxygens (including phenoxy) is 2. The minimum Gasteiger partial charge on any atom is -0.490 e. The molecule has 0 saturated heterocycles. The fraction of sp³-hybridized carbons (Fsp3) is 0.455. The van der Waals surface area contributed by atoms with Crippen LogP contribution in [0.2, 0.25) is 0 Å². The summed E-state index contributed by atoms with van der Waals surface area (Å²) in [6, 6.07) is 2.87. The lowest BCUT2D eigenvalue weighted by Gasteiger charge is -2.18.